The number of thiophene rings is 1. The number of para-hydroxylation sites is 1. The number of hydrogen-bond acceptors (Lipinski definition) is 6. The minimum absolute atomic E-state index is 0.0923. The third kappa shape index (κ3) is 5.27. The summed E-state index contributed by atoms with van der Waals surface area (Å²) in [5, 5.41) is 3.33. The van der Waals surface area contributed by atoms with Crippen molar-refractivity contribution < 1.29 is 18.0 Å². The van der Waals surface area contributed by atoms with E-state index < -0.39 is 17.6 Å². The summed E-state index contributed by atoms with van der Waals surface area (Å²) in [6.45, 7) is 2.54. The Balaban J connectivity index is 1.49. The fraction of sp³-hybridized carbons (Fsp3) is 0.435. The van der Waals surface area contributed by atoms with Crippen LogP contribution in [0.2, 0.25) is 0 Å². The number of fused-ring (bicyclic) bond motifs is 3. The summed E-state index contributed by atoms with van der Waals surface area (Å²) in [6, 6.07) is 4.94. The second kappa shape index (κ2) is 9.64. The van der Waals surface area contributed by atoms with Crippen molar-refractivity contribution in [3.05, 3.63) is 46.1 Å². The number of nitrogens with one attached hydrogen (secondary N) is 1. The molecule has 33 heavy (non-hydrogen) atoms. The van der Waals surface area contributed by atoms with Crippen LogP contribution in [-0.2, 0) is 30.4 Å². The lowest BCUT2D eigenvalue weighted by Gasteiger charge is -2.20. The molecule has 2 heterocycles. The molecule has 10 heteroatoms. The van der Waals surface area contributed by atoms with Gasteiger partial charge in [0.05, 0.1) is 29.7 Å². The average Bonchev–Trinajstić information content (AvgIpc) is 2.94. The molecule has 0 unspecified atom stereocenters. The number of anilines is 2. The SMILES string of the molecule is CCN(CC(=O)Nc1ccccc1C(F)(F)F)Cc1nc(N)c2c3c(sc2n1)CCCCC3. The maximum atomic E-state index is 13.2. The van der Waals surface area contributed by atoms with Gasteiger partial charge in [0.2, 0.25) is 5.91 Å². The molecule has 1 aromatic carbocycles. The van der Waals surface area contributed by atoms with Gasteiger partial charge in [-0.3, -0.25) is 9.69 Å². The quantitative estimate of drug-likeness (QED) is 0.487. The lowest BCUT2D eigenvalue weighted by Crippen LogP contribution is -2.33. The van der Waals surface area contributed by atoms with Crippen LogP contribution in [0.5, 0.6) is 0 Å². The van der Waals surface area contributed by atoms with Gasteiger partial charge in [-0.05, 0) is 49.9 Å². The molecule has 1 amide bonds. The van der Waals surface area contributed by atoms with Crippen molar-refractivity contribution in [2.75, 3.05) is 24.1 Å². The van der Waals surface area contributed by atoms with Gasteiger partial charge in [0, 0.05) is 4.88 Å². The van der Waals surface area contributed by atoms with Crippen LogP contribution >= 0.6 is 11.3 Å². The Morgan fingerprint density at radius 3 is 2.70 bits per heavy atom. The lowest BCUT2D eigenvalue weighted by molar-refractivity contribution is -0.137. The number of nitrogens with zero attached hydrogens (tertiary/aromatic N) is 3. The van der Waals surface area contributed by atoms with E-state index in [1.807, 2.05) is 6.92 Å². The molecule has 0 saturated carbocycles. The van der Waals surface area contributed by atoms with Crippen LogP contribution < -0.4 is 11.1 Å². The highest BCUT2D eigenvalue weighted by molar-refractivity contribution is 7.19. The number of nitrogens with two attached hydrogens (primary N) is 1. The first kappa shape index (κ1) is 23.4. The standard InChI is InChI=1S/C23H26F3N5OS/c1-2-31(13-19(32)28-16-10-7-6-9-15(16)23(24,25)26)12-18-29-21(27)20-14-8-4-3-5-11-17(14)33-22(20)30-18/h6-7,9-10H,2-5,8,11-13H2,1H3,(H,28,32)(H2,27,29,30). The number of alkyl halides is 3. The van der Waals surface area contributed by atoms with Crippen LogP contribution in [0.1, 0.15) is 48.0 Å². The van der Waals surface area contributed by atoms with Crippen molar-refractivity contribution in [2.45, 2.75) is 51.7 Å². The number of likely N-dealkylation sites (N-methyl/N-ethyl adjacent to an activating group) is 1. The van der Waals surface area contributed by atoms with Crippen molar-refractivity contribution in [1.29, 1.82) is 0 Å². The van der Waals surface area contributed by atoms with Gasteiger partial charge in [-0.15, -0.1) is 11.3 Å². The van der Waals surface area contributed by atoms with E-state index in [9.17, 15) is 18.0 Å². The maximum absolute atomic E-state index is 13.2. The average molecular weight is 478 g/mol. The van der Waals surface area contributed by atoms with Crippen molar-refractivity contribution in [2.24, 2.45) is 0 Å². The summed E-state index contributed by atoms with van der Waals surface area (Å²) in [7, 11) is 0. The minimum atomic E-state index is -4.55. The Morgan fingerprint density at radius 1 is 1.18 bits per heavy atom. The van der Waals surface area contributed by atoms with Crippen molar-refractivity contribution >= 4 is 39.0 Å². The van der Waals surface area contributed by atoms with Gasteiger partial charge in [0.1, 0.15) is 16.5 Å². The monoisotopic (exact) mass is 477 g/mol. The van der Waals surface area contributed by atoms with Gasteiger partial charge >= 0.3 is 6.18 Å². The Morgan fingerprint density at radius 2 is 1.94 bits per heavy atom. The van der Waals surface area contributed by atoms with E-state index >= 15 is 0 Å². The van der Waals surface area contributed by atoms with Crippen molar-refractivity contribution in [1.82, 2.24) is 14.9 Å². The van der Waals surface area contributed by atoms with Crippen LogP contribution in [0.15, 0.2) is 24.3 Å². The first-order valence-electron chi connectivity index (χ1n) is 11.0. The van der Waals surface area contributed by atoms with Crippen molar-refractivity contribution in [3.8, 4) is 0 Å². The summed E-state index contributed by atoms with van der Waals surface area (Å²) in [6.07, 6.45) is 0.984. The maximum Gasteiger partial charge on any atom is 0.418 e. The molecule has 0 atom stereocenters. The third-order valence-electron chi connectivity index (χ3n) is 5.82. The van der Waals surface area contributed by atoms with Gasteiger partial charge in [0.15, 0.2) is 0 Å². The molecule has 6 nitrogen and oxygen atoms in total. The molecule has 0 saturated heterocycles. The van der Waals surface area contributed by atoms with Crippen LogP contribution in [-0.4, -0.2) is 33.9 Å². The Bertz CT molecular complexity index is 1160. The normalized spacial score (nSPS) is 14.3. The van der Waals surface area contributed by atoms with Gasteiger partial charge in [-0.25, -0.2) is 9.97 Å². The van der Waals surface area contributed by atoms with Crippen LogP contribution in [0.4, 0.5) is 24.7 Å². The number of halogens is 3. The molecule has 4 rings (SSSR count). The predicted octanol–water partition coefficient (Wildman–Crippen LogP) is 5.02. The Kier molecular flexibility index (Phi) is 6.85. The van der Waals surface area contributed by atoms with E-state index in [0.717, 1.165) is 42.0 Å². The van der Waals surface area contributed by atoms with Gasteiger partial charge in [-0.2, -0.15) is 13.2 Å². The highest BCUT2D eigenvalue weighted by atomic mass is 32.1. The smallest absolute Gasteiger partial charge is 0.383 e. The van der Waals surface area contributed by atoms with Gasteiger partial charge in [-0.1, -0.05) is 25.5 Å². The lowest BCUT2D eigenvalue weighted by atomic mass is 10.1. The van der Waals surface area contributed by atoms with Crippen LogP contribution in [0, 0.1) is 0 Å². The summed E-state index contributed by atoms with van der Waals surface area (Å²) >= 11 is 1.66. The zero-order chi connectivity index (χ0) is 23.6. The number of rotatable bonds is 6. The van der Waals surface area contributed by atoms with E-state index in [2.05, 4.69) is 10.3 Å². The Hall–Kier alpha value is -2.72. The number of carbonyl (C=O) groups is 1. The number of amides is 1. The summed E-state index contributed by atoms with van der Waals surface area (Å²) in [5.74, 6) is 0.418. The second-order valence-electron chi connectivity index (χ2n) is 8.16. The third-order valence-corrected chi connectivity index (χ3v) is 7.01. The largest absolute Gasteiger partial charge is 0.418 e. The minimum Gasteiger partial charge on any atom is -0.383 e. The van der Waals surface area contributed by atoms with Gasteiger partial charge < -0.3 is 11.1 Å². The summed E-state index contributed by atoms with van der Waals surface area (Å²) in [4.78, 5) is 25.7. The molecule has 0 spiro atoms. The molecule has 1 aliphatic carbocycles. The fourth-order valence-electron chi connectivity index (χ4n) is 4.19. The number of carbonyl (C=O) groups excluding carboxylic acids is 1. The molecular weight excluding hydrogens is 451 g/mol. The highest BCUT2D eigenvalue weighted by Crippen LogP contribution is 2.37. The number of aryl methyl sites for hydroxylation is 2. The first-order valence-corrected chi connectivity index (χ1v) is 11.8. The molecule has 0 fully saturated rings. The molecular formula is C23H26F3N5OS. The van der Waals surface area contributed by atoms with E-state index in [-0.39, 0.29) is 18.8 Å². The number of benzene rings is 1. The molecule has 3 N–H and O–H groups in total. The molecule has 0 radical (unpaired) electrons. The highest BCUT2D eigenvalue weighted by Gasteiger charge is 2.33. The van der Waals surface area contributed by atoms with Crippen molar-refractivity contribution in [3.63, 3.8) is 0 Å². The molecule has 176 valence electrons. The zero-order valence-electron chi connectivity index (χ0n) is 18.3. The van der Waals surface area contributed by atoms with Crippen LogP contribution in [0.25, 0.3) is 10.2 Å². The topological polar surface area (TPSA) is 84.1 Å². The number of aromatic nitrogens is 2. The molecule has 3 aromatic rings. The van der Waals surface area contributed by atoms with E-state index in [1.165, 1.54) is 35.1 Å². The molecule has 2 aromatic heterocycles. The second-order valence-corrected chi connectivity index (χ2v) is 9.25. The molecule has 1 aliphatic rings. The first-order chi connectivity index (χ1) is 15.8. The fourth-order valence-corrected chi connectivity index (χ4v) is 5.48. The predicted molar refractivity (Wildman–Crippen MR) is 124 cm³/mol. The number of hydrogen-bond donors (Lipinski definition) is 2. The van der Waals surface area contributed by atoms with E-state index in [0.29, 0.717) is 18.2 Å². The number of nitrogen functional groups attached to an aromatic ring is 1. The Labute approximate surface area is 194 Å². The molecule has 0 bridgehead atoms. The van der Waals surface area contributed by atoms with Gasteiger partial charge in [0.25, 0.3) is 0 Å². The summed E-state index contributed by atoms with van der Waals surface area (Å²) < 4.78 is 39.6. The van der Waals surface area contributed by atoms with Crippen LogP contribution in [0.3, 0.4) is 0 Å². The van der Waals surface area contributed by atoms with E-state index in [4.69, 9.17) is 10.7 Å². The molecule has 0 aliphatic heterocycles. The zero-order valence-corrected chi connectivity index (χ0v) is 19.2. The summed E-state index contributed by atoms with van der Waals surface area (Å²) in [5.41, 5.74) is 6.44. The van der Waals surface area contributed by atoms with E-state index in [1.54, 1.807) is 16.2 Å².